The molecule has 0 saturated carbocycles. The monoisotopic (exact) mass is 314 g/mol. The Balaban J connectivity index is 1.50. The van der Waals surface area contributed by atoms with E-state index in [1.165, 1.54) is 11.6 Å². The molecule has 1 aromatic carbocycles. The predicted octanol–water partition coefficient (Wildman–Crippen LogP) is 2.52. The zero-order valence-corrected chi connectivity index (χ0v) is 13.8. The molecule has 5 heteroatoms. The van der Waals surface area contributed by atoms with Crippen molar-refractivity contribution in [2.24, 2.45) is 0 Å². The molecule has 0 radical (unpaired) electrons. The summed E-state index contributed by atoms with van der Waals surface area (Å²) in [7, 11) is 0. The second-order valence-corrected chi connectivity index (χ2v) is 6.90. The van der Waals surface area contributed by atoms with Crippen molar-refractivity contribution in [3.63, 3.8) is 0 Å². The quantitative estimate of drug-likeness (QED) is 0.870. The summed E-state index contributed by atoms with van der Waals surface area (Å²) >= 11 is 0. The lowest BCUT2D eigenvalue weighted by atomic mass is 9.87. The van der Waals surface area contributed by atoms with E-state index in [4.69, 9.17) is 9.47 Å². The Morgan fingerprint density at radius 3 is 2.70 bits per heavy atom. The van der Waals surface area contributed by atoms with Crippen LogP contribution in [0.15, 0.2) is 41.3 Å². The van der Waals surface area contributed by atoms with E-state index in [-0.39, 0.29) is 17.1 Å². The first-order chi connectivity index (χ1) is 10.9. The molecular weight excluding hydrogens is 292 g/mol. The van der Waals surface area contributed by atoms with E-state index in [0.717, 1.165) is 5.56 Å². The molecule has 2 heterocycles. The van der Waals surface area contributed by atoms with Crippen LogP contribution in [0, 0.1) is 0 Å². The average molecular weight is 314 g/mol. The molecule has 23 heavy (non-hydrogen) atoms. The molecule has 1 aromatic heterocycles. The summed E-state index contributed by atoms with van der Waals surface area (Å²) in [5.41, 5.74) is 2.33. The second-order valence-electron chi connectivity index (χ2n) is 6.90. The van der Waals surface area contributed by atoms with E-state index in [1.54, 1.807) is 6.20 Å². The minimum atomic E-state index is -0.281. The lowest BCUT2D eigenvalue weighted by molar-refractivity contribution is 0.0487. The van der Waals surface area contributed by atoms with Gasteiger partial charge >= 0.3 is 0 Å². The summed E-state index contributed by atoms with van der Waals surface area (Å²) in [6.45, 7) is 8.28. The first-order valence-corrected chi connectivity index (χ1v) is 7.83. The highest BCUT2D eigenvalue weighted by Crippen LogP contribution is 2.22. The third kappa shape index (κ3) is 3.79. The fourth-order valence-corrected chi connectivity index (χ4v) is 2.55. The molecule has 0 spiro atoms. The van der Waals surface area contributed by atoms with E-state index >= 15 is 0 Å². The molecule has 3 rings (SSSR count). The lowest BCUT2D eigenvalue weighted by Crippen LogP contribution is -2.21. The van der Waals surface area contributed by atoms with Crippen molar-refractivity contribution in [1.29, 1.82) is 0 Å². The van der Waals surface area contributed by atoms with Crippen molar-refractivity contribution in [2.45, 2.75) is 45.4 Å². The van der Waals surface area contributed by atoms with E-state index in [9.17, 15) is 4.79 Å². The van der Waals surface area contributed by atoms with Gasteiger partial charge in [0.05, 0.1) is 19.8 Å². The minimum Gasteiger partial charge on any atom is -0.457 e. The molecule has 0 saturated heterocycles. The molecule has 5 nitrogen and oxygen atoms in total. The van der Waals surface area contributed by atoms with Gasteiger partial charge in [-0.05, 0) is 16.5 Å². The third-order valence-electron chi connectivity index (χ3n) is 3.91. The number of rotatable bonds is 4. The smallest absolute Gasteiger partial charge is 0.300 e. The van der Waals surface area contributed by atoms with Crippen LogP contribution in [-0.4, -0.2) is 22.3 Å². The average Bonchev–Trinajstić information content (AvgIpc) is 2.88. The van der Waals surface area contributed by atoms with Crippen LogP contribution in [0.25, 0.3) is 0 Å². The second kappa shape index (κ2) is 6.16. The van der Waals surface area contributed by atoms with Crippen LogP contribution in [0.5, 0.6) is 6.01 Å². The maximum atomic E-state index is 11.2. The topological polar surface area (TPSA) is 53.4 Å². The zero-order chi connectivity index (χ0) is 16.4. The van der Waals surface area contributed by atoms with Gasteiger partial charge in [0.25, 0.3) is 11.6 Å². The first kappa shape index (κ1) is 15.7. The molecule has 1 unspecified atom stereocenters. The molecule has 1 aliphatic heterocycles. The largest absolute Gasteiger partial charge is 0.457 e. The molecular formula is C18H22N2O3. The van der Waals surface area contributed by atoms with Crippen molar-refractivity contribution in [3.8, 4) is 6.01 Å². The number of aromatic nitrogens is 2. The predicted molar refractivity (Wildman–Crippen MR) is 87.7 cm³/mol. The Hall–Kier alpha value is -2.14. The summed E-state index contributed by atoms with van der Waals surface area (Å²) in [5, 5.41) is 0. The summed E-state index contributed by atoms with van der Waals surface area (Å²) in [6, 6.07) is 10.3. The molecule has 1 aliphatic rings. The van der Waals surface area contributed by atoms with Gasteiger partial charge in [-0.3, -0.25) is 9.36 Å². The van der Waals surface area contributed by atoms with Crippen molar-refractivity contribution < 1.29 is 9.47 Å². The van der Waals surface area contributed by atoms with Gasteiger partial charge in [-0.1, -0.05) is 45.0 Å². The normalized spacial score (nSPS) is 16.9. The molecule has 0 N–H and O–H groups in total. The number of hydrogen-bond acceptors (Lipinski definition) is 4. The van der Waals surface area contributed by atoms with E-state index in [1.807, 2.05) is 4.57 Å². The van der Waals surface area contributed by atoms with Crippen LogP contribution in [-0.2, 0) is 23.3 Å². The Morgan fingerprint density at radius 2 is 2.00 bits per heavy atom. The summed E-state index contributed by atoms with van der Waals surface area (Å²) in [4.78, 5) is 15.0. The molecule has 0 bridgehead atoms. The van der Waals surface area contributed by atoms with Gasteiger partial charge in [0, 0.05) is 12.3 Å². The summed E-state index contributed by atoms with van der Waals surface area (Å²) in [5.74, 6) is 0. The molecule has 2 aromatic rings. The standard InChI is InChI=1S/C18H22N2O3/c1-18(2,3)14-6-4-13(5-7-14)11-22-12-15-10-20-9-8-16(21)19-17(20)23-15/h4-9,15H,10-12H2,1-3H3. The fraction of sp³-hybridized carbons (Fsp3) is 0.444. The minimum absolute atomic E-state index is 0.0989. The van der Waals surface area contributed by atoms with E-state index in [2.05, 4.69) is 50.0 Å². The fourth-order valence-electron chi connectivity index (χ4n) is 2.55. The summed E-state index contributed by atoms with van der Waals surface area (Å²) in [6.07, 6.45) is 1.61. The SMILES string of the molecule is CC(C)(C)c1ccc(COCC2Cn3ccc(=O)nc3O2)cc1. The van der Waals surface area contributed by atoms with Crippen molar-refractivity contribution in [3.05, 3.63) is 58.0 Å². The Bertz CT molecular complexity index is 729. The molecule has 0 fully saturated rings. The van der Waals surface area contributed by atoms with Crippen LogP contribution in [0.2, 0.25) is 0 Å². The Labute approximate surface area is 135 Å². The van der Waals surface area contributed by atoms with Crippen LogP contribution in [0.4, 0.5) is 0 Å². The van der Waals surface area contributed by atoms with Gasteiger partial charge in [-0.2, -0.15) is 4.98 Å². The number of nitrogens with zero attached hydrogens (tertiary/aromatic N) is 2. The Kier molecular flexibility index (Phi) is 4.22. The van der Waals surface area contributed by atoms with Crippen LogP contribution in [0.1, 0.15) is 31.9 Å². The molecule has 1 atom stereocenters. The van der Waals surface area contributed by atoms with Crippen LogP contribution in [0.3, 0.4) is 0 Å². The van der Waals surface area contributed by atoms with Gasteiger partial charge in [-0.25, -0.2) is 0 Å². The maximum Gasteiger partial charge on any atom is 0.300 e. The van der Waals surface area contributed by atoms with Gasteiger partial charge < -0.3 is 9.47 Å². The number of benzene rings is 1. The van der Waals surface area contributed by atoms with Crippen LogP contribution >= 0.6 is 0 Å². The molecule has 0 amide bonds. The van der Waals surface area contributed by atoms with Gasteiger partial charge in [0.2, 0.25) is 0 Å². The number of fused-ring (bicyclic) bond motifs is 1. The van der Waals surface area contributed by atoms with Crippen molar-refractivity contribution in [1.82, 2.24) is 9.55 Å². The van der Waals surface area contributed by atoms with Crippen LogP contribution < -0.4 is 10.3 Å². The highest BCUT2D eigenvalue weighted by atomic mass is 16.5. The maximum absolute atomic E-state index is 11.2. The highest BCUT2D eigenvalue weighted by molar-refractivity contribution is 5.27. The van der Waals surface area contributed by atoms with Crippen molar-refractivity contribution in [2.75, 3.05) is 6.61 Å². The zero-order valence-electron chi connectivity index (χ0n) is 13.8. The number of hydrogen-bond donors (Lipinski definition) is 0. The lowest BCUT2D eigenvalue weighted by Gasteiger charge is -2.19. The molecule has 122 valence electrons. The third-order valence-corrected chi connectivity index (χ3v) is 3.91. The first-order valence-electron chi connectivity index (χ1n) is 7.83. The van der Waals surface area contributed by atoms with Gasteiger partial charge in [0.1, 0.15) is 6.10 Å². The highest BCUT2D eigenvalue weighted by Gasteiger charge is 2.23. The van der Waals surface area contributed by atoms with E-state index < -0.39 is 0 Å². The Morgan fingerprint density at radius 1 is 1.26 bits per heavy atom. The van der Waals surface area contributed by atoms with Gasteiger partial charge in [0.15, 0.2) is 0 Å². The van der Waals surface area contributed by atoms with Crippen molar-refractivity contribution >= 4 is 0 Å². The summed E-state index contributed by atoms with van der Waals surface area (Å²) < 4.78 is 13.2. The molecule has 0 aliphatic carbocycles. The number of ether oxygens (including phenoxy) is 2. The van der Waals surface area contributed by atoms with E-state index in [0.29, 0.717) is 25.8 Å². The van der Waals surface area contributed by atoms with Gasteiger partial charge in [-0.15, -0.1) is 0 Å².